The molecule has 1 unspecified atom stereocenters. The van der Waals surface area contributed by atoms with Crippen molar-refractivity contribution >= 4 is 23.2 Å². The van der Waals surface area contributed by atoms with Crippen LogP contribution in [0, 0.1) is 5.92 Å². The lowest BCUT2D eigenvalue weighted by Gasteiger charge is -2.45. The van der Waals surface area contributed by atoms with Gasteiger partial charge < -0.3 is 10.2 Å². The maximum atomic E-state index is 13.0. The molecule has 5 nitrogen and oxygen atoms in total. The van der Waals surface area contributed by atoms with Gasteiger partial charge in [0.1, 0.15) is 11.6 Å². The lowest BCUT2D eigenvalue weighted by molar-refractivity contribution is -0.157. The van der Waals surface area contributed by atoms with Crippen LogP contribution in [-0.4, -0.2) is 33.3 Å². The molecule has 1 aliphatic carbocycles. The van der Waals surface area contributed by atoms with Crippen molar-refractivity contribution in [1.29, 1.82) is 0 Å². The van der Waals surface area contributed by atoms with Crippen LogP contribution in [0.4, 0.5) is 0 Å². The Kier molecular flexibility index (Phi) is 3.73. The zero-order valence-corrected chi connectivity index (χ0v) is 13.3. The van der Waals surface area contributed by atoms with E-state index < -0.39 is 5.54 Å². The van der Waals surface area contributed by atoms with Crippen LogP contribution < -0.4 is 5.32 Å². The van der Waals surface area contributed by atoms with E-state index in [1.54, 1.807) is 16.6 Å². The molecular weight excluding hydrogens is 286 g/mol. The average Bonchev–Trinajstić information content (AvgIpc) is 3.18. The van der Waals surface area contributed by atoms with E-state index in [9.17, 15) is 9.59 Å². The fourth-order valence-corrected chi connectivity index (χ4v) is 3.77. The number of thiazole rings is 1. The van der Waals surface area contributed by atoms with Gasteiger partial charge in [-0.3, -0.25) is 14.6 Å². The summed E-state index contributed by atoms with van der Waals surface area (Å²) >= 11 is 1.53. The Morgan fingerprint density at radius 1 is 1.38 bits per heavy atom. The standard InChI is InChI=1S/C15H21N3O2S/c1-3-15(4-2)14(20)18(8-11-7-16-9-21-11)12(10-5-6-10)13(19)17-15/h7,9-10,12H,3-6,8H2,1-2H3,(H,17,19). The maximum Gasteiger partial charge on any atom is 0.249 e. The number of carbonyl (C=O) groups is 2. The molecule has 114 valence electrons. The summed E-state index contributed by atoms with van der Waals surface area (Å²) in [5.74, 6) is 0.413. The van der Waals surface area contributed by atoms with Crippen molar-refractivity contribution < 1.29 is 9.59 Å². The second kappa shape index (κ2) is 5.40. The molecule has 0 bridgehead atoms. The van der Waals surface area contributed by atoms with Crippen LogP contribution in [0.2, 0.25) is 0 Å². The van der Waals surface area contributed by atoms with Crippen LogP contribution in [0.15, 0.2) is 11.7 Å². The predicted molar refractivity (Wildman–Crippen MR) is 80.6 cm³/mol. The van der Waals surface area contributed by atoms with Gasteiger partial charge in [-0.15, -0.1) is 11.3 Å². The number of hydrogen-bond acceptors (Lipinski definition) is 4. The molecule has 6 heteroatoms. The van der Waals surface area contributed by atoms with Crippen molar-refractivity contribution in [3.8, 4) is 0 Å². The molecule has 1 aromatic rings. The molecular formula is C15H21N3O2S. The second-order valence-corrected chi connectivity index (χ2v) is 6.93. The summed E-state index contributed by atoms with van der Waals surface area (Å²) in [4.78, 5) is 32.5. The molecule has 2 heterocycles. The topological polar surface area (TPSA) is 62.3 Å². The second-order valence-electron chi connectivity index (χ2n) is 5.96. The monoisotopic (exact) mass is 307 g/mol. The molecule has 0 spiro atoms. The minimum Gasteiger partial charge on any atom is -0.340 e. The number of nitrogens with one attached hydrogen (secondary N) is 1. The summed E-state index contributed by atoms with van der Waals surface area (Å²) in [6.07, 6.45) is 5.12. The van der Waals surface area contributed by atoms with Crippen LogP contribution in [-0.2, 0) is 16.1 Å². The molecule has 1 aliphatic heterocycles. The van der Waals surface area contributed by atoms with Gasteiger partial charge in [-0.2, -0.15) is 0 Å². The van der Waals surface area contributed by atoms with Gasteiger partial charge in [0.25, 0.3) is 0 Å². The number of rotatable bonds is 5. The van der Waals surface area contributed by atoms with Gasteiger partial charge in [0.2, 0.25) is 11.8 Å². The molecule has 0 aromatic carbocycles. The highest BCUT2D eigenvalue weighted by Gasteiger charge is 2.53. The first-order valence-electron chi connectivity index (χ1n) is 7.61. The number of carbonyl (C=O) groups excluding carboxylic acids is 2. The van der Waals surface area contributed by atoms with Crippen LogP contribution >= 0.6 is 11.3 Å². The molecule has 1 N–H and O–H groups in total. The number of aromatic nitrogens is 1. The first-order chi connectivity index (χ1) is 10.1. The van der Waals surface area contributed by atoms with Crippen LogP contribution in [0.5, 0.6) is 0 Å². The molecule has 21 heavy (non-hydrogen) atoms. The van der Waals surface area contributed by atoms with Gasteiger partial charge in [-0.1, -0.05) is 13.8 Å². The normalized spacial score (nSPS) is 25.0. The van der Waals surface area contributed by atoms with Gasteiger partial charge in [0.15, 0.2) is 0 Å². The van der Waals surface area contributed by atoms with Gasteiger partial charge in [0, 0.05) is 11.1 Å². The Bertz CT molecular complexity index is 535. The smallest absolute Gasteiger partial charge is 0.249 e. The predicted octanol–water partition coefficient (Wildman–Crippen LogP) is 1.94. The van der Waals surface area contributed by atoms with Crippen molar-refractivity contribution in [3.63, 3.8) is 0 Å². The SMILES string of the molecule is CCC1(CC)NC(=O)C(C2CC2)N(Cc2cncs2)C1=O. The van der Waals surface area contributed by atoms with E-state index in [0.29, 0.717) is 25.3 Å². The summed E-state index contributed by atoms with van der Waals surface area (Å²) in [6, 6.07) is -0.300. The number of nitrogens with zero attached hydrogens (tertiary/aromatic N) is 2. The van der Waals surface area contributed by atoms with E-state index in [4.69, 9.17) is 0 Å². The quantitative estimate of drug-likeness (QED) is 0.904. The van der Waals surface area contributed by atoms with Gasteiger partial charge in [0.05, 0.1) is 12.1 Å². The van der Waals surface area contributed by atoms with E-state index in [2.05, 4.69) is 10.3 Å². The van der Waals surface area contributed by atoms with Crippen LogP contribution in [0.3, 0.4) is 0 Å². The first kappa shape index (κ1) is 14.5. The largest absolute Gasteiger partial charge is 0.340 e. The number of piperazine rings is 1. The Labute approximate surface area is 128 Å². The van der Waals surface area contributed by atoms with Crippen LogP contribution in [0.25, 0.3) is 0 Å². The lowest BCUT2D eigenvalue weighted by Crippen LogP contribution is -2.70. The van der Waals surface area contributed by atoms with Crippen molar-refractivity contribution in [2.24, 2.45) is 5.92 Å². The zero-order valence-electron chi connectivity index (χ0n) is 12.5. The molecule has 2 aliphatic rings. The van der Waals surface area contributed by atoms with Crippen LogP contribution in [0.1, 0.15) is 44.4 Å². The van der Waals surface area contributed by atoms with Crippen molar-refractivity contribution in [1.82, 2.24) is 15.2 Å². The summed E-state index contributed by atoms with van der Waals surface area (Å²) in [6.45, 7) is 4.42. The molecule has 2 fully saturated rings. The highest BCUT2D eigenvalue weighted by molar-refractivity contribution is 7.09. The van der Waals surface area contributed by atoms with Crippen molar-refractivity contribution in [3.05, 3.63) is 16.6 Å². The Hall–Kier alpha value is -1.43. The van der Waals surface area contributed by atoms with E-state index in [0.717, 1.165) is 17.7 Å². The third-order valence-corrected chi connectivity index (χ3v) is 5.49. The summed E-state index contributed by atoms with van der Waals surface area (Å²) in [5.41, 5.74) is 1.04. The highest BCUT2D eigenvalue weighted by atomic mass is 32.1. The third kappa shape index (κ3) is 2.46. The summed E-state index contributed by atoms with van der Waals surface area (Å²) in [5, 5.41) is 3.02. The minimum absolute atomic E-state index is 0.0188. The summed E-state index contributed by atoms with van der Waals surface area (Å²) < 4.78 is 0. The number of amides is 2. The molecule has 1 saturated heterocycles. The fraction of sp³-hybridized carbons (Fsp3) is 0.667. The maximum absolute atomic E-state index is 13.0. The third-order valence-electron chi connectivity index (χ3n) is 4.72. The molecule has 1 saturated carbocycles. The van der Waals surface area contributed by atoms with E-state index in [-0.39, 0.29) is 17.9 Å². The van der Waals surface area contributed by atoms with Crippen molar-refractivity contribution in [2.75, 3.05) is 0 Å². The van der Waals surface area contributed by atoms with E-state index >= 15 is 0 Å². The highest BCUT2D eigenvalue weighted by Crippen LogP contribution is 2.40. The molecule has 0 radical (unpaired) electrons. The number of hydrogen-bond donors (Lipinski definition) is 1. The van der Waals surface area contributed by atoms with Gasteiger partial charge in [-0.25, -0.2) is 0 Å². The van der Waals surface area contributed by atoms with E-state index in [1.807, 2.05) is 13.8 Å². The molecule has 1 aromatic heterocycles. The zero-order chi connectivity index (χ0) is 15.0. The van der Waals surface area contributed by atoms with Gasteiger partial charge in [-0.05, 0) is 31.6 Å². The Morgan fingerprint density at radius 2 is 2.10 bits per heavy atom. The average molecular weight is 307 g/mol. The summed E-state index contributed by atoms with van der Waals surface area (Å²) in [7, 11) is 0. The van der Waals surface area contributed by atoms with Gasteiger partial charge >= 0.3 is 0 Å². The molecule has 3 rings (SSSR count). The molecule has 1 atom stereocenters. The Morgan fingerprint density at radius 3 is 2.62 bits per heavy atom. The Balaban J connectivity index is 1.92. The first-order valence-corrected chi connectivity index (χ1v) is 8.49. The van der Waals surface area contributed by atoms with E-state index in [1.165, 1.54) is 11.3 Å². The fourth-order valence-electron chi connectivity index (χ4n) is 3.17. The minimum atomic E-state index is -0.729. The van der Waals surface area contributed by atoms with Crippen molar-refractivity contribution in [2.45, 2.75) is 57.7 Å². The molecule has 2 amide bonds. The lowest BCUT2D eigenvalue weighted by atomic mass is 9.86.